The number of fused-ring (bicyclic) bond motifs is 1. The van der Waals surface area contributed by atoms with Crippen LogP contribution in [0.1, 0.15) is 0 Å². The van der Waals surface area contributed by atoms with E-state index in [1.165, 1.54) is 0 Å². The molecular weight excluding hydrogens is 415 g/mol. The van der Waals surface area contributed by atoms with Gasteiger partial charge in [0.15, 0.2) is 6.61 Å². The molecule has 31 heavy (non-hydrogen) atoms. The lowest BCUT2D eigenvalue weighted by atomic mass is 10.1. The monoisotopic (exact) mass is 429 g/mol. The van der Waals surface area contributed by atoms with Crippen molar-refractivity contribution in [3.05, 3.63) is 61.2 Å². The van der Waals surface area contributed by atoms with Crippen LogP contribution < -0.4 is 4.74 Å². The lowest BCUT2D eigenvalue weighted by molar-refractivity contribution is -0.192. The molecule has 0 radical (unpaired) electrons. The molecule has 8 nitrogen and oxygen atoms in total. The summed E-state index contributed by atoms with van der Waals surface area (Å²) in [4.78, 5) is 16.3. The zero-order chi connectivity index (χ0) is 22.4. The third-order valence-corrected chi connectivity index (χ3v) is 4.00. The molecule has 0 aliphatic heterocycles. The molecule has 0 unspecified atom stereocenters. The zero-order valence-corrected chi connectivity index (χ0v) is 15.7. The molecule has 0 saturated carbocycles. The van der Waals surface area contributed by atoms with E-state index in [2.05, 4.69) is 15.1 Å². The molecule has 0 aliphatic carbocycles. The van der Waals surface area contributed by atoms with Crippen molar-refractivity contribution >= 4 is 17.0 Å². The third kappa shape index (κ3) is 5.18. The van der Waals surface area contributed by atoms with Crippen LogP contribution in [0.2, 0.25) is 0 Å². The van der Waals surface area contributed by atoms with E-state index in [1.807, 2.05) is 65.7 Å². The van der Waals surface area contributed by atoms with Gasteiger partial charge in [0, 0.05) is 29.5 Å². The Kier molecular flexibility index (Phi) is 6.21. The predicted molar refractivity (Wildman–Crippen MR) is 103 cm³/mol. The molecular formula is C20H14F3N5O3. The number of carbonyl (C=O) groups is 1. The highest BCUT2D eigenvalue weighted by Gasteiger charge is 2.38. The van der Waals surface area contributed by atoms with Gasteiger partial charge in [-0.3, -0.25) is 0 Å². The van der Waals surface area contributed by atoms with Crippen molar-refractivity contribution in [1.82, 2.24) is 19.7 Å². The molecule has 0 atom stereocenters. The Bertz CT molecular complexity index is 1220. The highest BCUT2D eigenvalue weighted by Crippen LogP contribution is 2.25. The number of halogens is 3. The van der Waals surface area contributed by atoms with Crippen molar-refractivity contribution in [2.45, 2.75) is 6.18 Å². The molecule has 4 aromatic rings. The van der Waals surface area contributed by atoms with Crippen LogP contribution >= 0.6 is 0 Å². The van der Waals surface area contributed by atoms with Gasteiger partial charge in [-0.05, 0) is 29.8 Å². The molecule has 0 aliphatic rings. The van der Waals surface area contributed by atoms with Gasteiger partial charge in [0.05, 0.1) is 11.9 Å². The second kappa shape index (κ2) is 9.00. The first-order valence-corrected chi connectivity index (χ1v) is 8.67. The van der Waals surface area contributed by atoms with Crippen LogP contribution in [0.5, 0.6) is 5.75 Å². The number of hydrogen-bond donors (Lipinski definition) is 2. The molecule has 3 heterocycles. The Hall–Kier alpha value is -4.33. The highest BCUT2D eigenvalue weighted by molar-refractivity contribution is 5.84. The maximum absolute atomic E-state index is 10.6. The number of carboxylic acid groups (broad SMARTS) is 1. The van der Waals surface area contributed by atoms with Crippen molar-refractivity contribution in [2.24, 2.45) is 0 Å². The maximum atomic E-state index is 10.6. The fourth-order valence-electron chi connectivity index (χ4n) is 2.61. The Morgan fingerprint density at radius 1 is 1.19 bits per heavy atom. The molecule has 11 heteroatoms. The van der Waals surface area contributed by atoms with Crippen molar-refractivity contribution < 1.29 is 27.8 Å². The predicted octanol–water partition coefficient (Wildman–Crippen LogP) is 3.95. The number of aromatic amines is 1. The molecule has 0 bridgehead atoms. The Labute approximate surface area is 173 Å². The number of nitrogens with one attached hydrogen (secondary N) is 1. The molecule has 2 N–H and O–H groups in total. The summed E-state index contributed by atoms with van der Waals surface area (Å²) in [6.45, 7) is 0.0476. The molecule has 0 amide bonds. The quantitative estimate of drug-likeness (QED) is 0.507. The number of ether oxygens (including phenoxy) is 1. The number of benzene rings is 1. The number of nitrogens with zero attached hydrogens (tertiary/aromatic N) is 4. The second-order valence-corrected chi connectivity index (χ2v) is 6.02. The van der Waals surface area contributed by atoms with Crippen LogP contribution in [0.25, 0.3) is 27.8 Å². The smallest absolute Gasteiger partial charge is 0.479 e. The second-order valence-electron chi connectivity index (χ2n) is 6.02. The minimum atomic E-state index is -5.08. The van der Waals surface area contributed by atoms with Crippen LogP contribution in [-0.2, 0) is 4.79 Å². The minimum absolute atomic E-state index is 0.0476. The average Bonchev–Trinajstić information content (AvgIpc) is 3.42. The van der Waals surface area contributed by atoms with E-state index in [0.717, 1.165) is 27.8 Å². The molecule has 3 aromatic heterocycles. The minimum Gasteiger partial charge on any atom is -0.479 e. The van der Waals surface area contributed by atoms with Crippen molar-refractivity contribution in [3.8, 4) is 28.6 Å². The number of aliphatic carboxylic acids is 1. The largest absolute Gasteiger partial charge is 0.490 e. The lowest BCUT2D eigenvalue weighted by Gasteiger charge is -2.03. The summed E-state index contributed by atoms with van der Waals surface area (Å²) in [7, 11) is 0. The van der Waals surface area contributed by atoms with Gasteiger partial charge < -0.3 is 14.8 Å². The van der Waals surface area contributed by atoms with E-state index in [-0.39, 0.29) is 6.61 Å². The van der Waals surface area contributed by atoms with Gasteiger partial charge in [0.2, 0.25) is 0 Å². The molecule has 158 valence electrons. The lowest BCUT2D eigenvalue weighted by Crippen LogP contribution is -2.21. The maximum Gasteiger partial charge on any atom is 0.490 e. The zero-order valence-electron chi connectivity index (χ0n) is 15.7. The van der Waals surface area contributed by atoms with Crippen molar-refractivity contribution in [2.75, 3.05) is 6.61 Å². The standard InChI is InChI=1S/C18H13N5O.C2HF3O2/c19-7-10-24-15-3-1-13(2-4-15)14-11-22-23(12-14)17-6-9-21-18-16(17)5-8-20-18;3-2(4,5)1(6)7/h1-6,8-9,11-12H,10H2,(H,20,21);(H,6,7). The van der Waals surface area contributed by atoms with Gasteiger partial charge in [-0.1, -0.05) is 12.1 Å². The normalized spacial score (nSPS) is 10.8. The number of carboxylic acids is 1. The summed E-state index contributed by atoms with van der Waals surface area (Å²) < 4.78 is 38.8. The topological polar surface area (TPSA) is 117 Å². The number of hydrogen-bond acceptors (Lipinski definition) is 5. The van der Waals surface area contributed by atoms with Gasteiger partial charge in [0.25, 0.3) is 0 Å². The highest BCUT2D eigenvalue weighted by atomic mass is 19.4. The first-order valence-electron chi connectivity index (χ1n) is 8.67. The molecule has 0 spiro atoms. The number of aromatic nitrogens is 4. The van der Waals surface area contributed by atoms with Crippen LogP contribution in [0.3, 0.4) is 0 Å². The van der Waals surface area contributed by atoms with E-state index in [1.54, 1.807) is 6.20 Å². The summed E-state index contributed by atoms with van der Waals surface area (Å²) in [5.41, 5.74) is 3.84. The van der Waals surface area contributed by atoms with Crippen molar-refractivity contribution in [3.63, 3.8) is 0 Å². The van der Waals surface area contributed by atoms with Gasteiger partial charge in [-0.2, -0.15) is 23.5 Å². The van der Waals surface area contributed by atoms with E-state index in [9.17, 15) is 13.2 Å². The number of pyridine rings is 1. The van der Waals surface area contributed by atoms with Crippen LogP contribution in [0, 0.1) is 11.3 Å². The summed E-state index contributed by atoms with van der Waals surface area (Å²) >= 11 is 0. The molecule has 0 saturated heterocycles. The summed E-state index contributed by atoms with van der Waals surface area (Å²) in [6, 6.07) is 13.5. The summed E-state index contributed by atoms with van der Waals surface area (Å²) in [5.74, 6) is -2.08. The van der Waals surface area contributed by atoms with E-state index < -0.39 is 12.1 Å². The summed E-state index contributed by atoms with van der Waals surface area (Å²) in [5, 5.41) is 21.1. The Morgan fingerprint density at radius 3 is 2.55 bits per heavy atom. The number of H-pyrrole nitrogens is 1. The summed E-state index contributed by atoms with van der Waals surface area (Å²) in [6.07, 6.45) is 2.35. The van der Waals surface area contributed by atoms with Crippen LogP contribution in [-0.4, -0.2) is 43.6 Å². The number of rotatable bonds is 4. The van der Waals surface area contributed by atoms with Gasteiger partial charge in [-0.15, -0.1) is 0 Å². The third-order valence-electron chi connectivity index (χ3n) is 4.00. The molecule has 4 rings (SSSR count). The Balaban J connectivity index is 0.000000339. The van der Waals surface area contributed by atoms with Crippen LogP contribution in [0.4, 0.5) is 13.2 Å². The van der Waals surface area contributed by atoms with Crippen LogP contribution in [0.15, 0.2) is 61.2 Å². The SMILES string of the molecule is N#CCOc1ccc(-c2cnn(-c3ccnc4[nH]ccc34)c2)cc1.O=C(O)C(F)(F)F. The van der Waals surface area contributed by atoms with Gasteiger partial charge in [0.1, 0.15) is 17.5 Å². The molecule has 1 aromatic carbocycles. The first-order chi connectivity index (χ1) is 14.8. The number of alkyl halides is 3. The fourth-order valence-corrected chi connectivity index (χ4v) is 2.61. The van der Waals surface area contributed by atoms with Gasteiger partial charge >= 0.3 is 12.1 Å². The first kappa shape index (κ1) is 21.4. The van der Waals surface area contributed by atoms with E-state index in [0.29, 0.717) is 5.75 Å². The Morgan fingerprint density at radius 2 is 1.90 bits per heavy atom. The van der Waals surface area contributed by atoms with E-state index >= 15 is 0 Å². The average molecular weight is 429 g/mol. The van der Waals surface area contributed by atoms with Crippen molar-refractivity contribution in [1.29, 1.82) is 5.26 Å². The van der Waals surface area contributed by atoms with Gasteiger partial charge in [-0.25, -0.2) is 14.5 Å². The fraction of sp³-hybridized carbons (Fsp3) is 0.100. The number of nitriles is 1. The van der Waals surface area contributed by atoms with E-state index in [4.69, 9.17) is 19.9 Å². The molecule has 0 fully saturated rings.